The molecule has 1 aliphatic heterocycles. The van der Waals surface area contributed by atoms with Crippen molar-refractivity contribution >= 4 is 16.8 Å². The van der Waals surface area contributed by atoms with Gasteiger partial charge in [0, 0.05) is 55.4 Å². The maximum atomic E-state index is 13.1. The average molecular weight is 433 g/mol. The molecule has 0 unspecified atom stereocenters. The zero-order chi connectivity index (χ0) is 22.6. The molecule has 5 rings (SSSR count). The number of carbonyl (C=O) groups is 1. The minimum atomic E-state index is 0.0793. The first kappa shape index (κ1) is 20.9. The van der Waals surface area contributed by atoms with Crippen molar-refractivity contribution in [1.82, 2.24) is 14.8 Å². The second-order valence-electron chi connectivity index (χ2n) is 8.34. The van der Waals surface area contributed by atoms with E-state index < -0.39 is 0 Å². The third kappa shape index (κ3) is 4.48. The Morgan fingerprint density at radius 1 is 0.879 bits per heavy atom. The van der Waals surface area contributed by atoms with E-state index in [-0.39, 0.29) is 5.91 Å². The van der Waals surface area contributed by atoms with E-state index in [1.54, 1.807) is 0 Å². The number of nitrogens with zero attached hydrogens (tertiary/aromatic N) is 4. The molecule has 2 heterocycles. The number of aromatic nitrogens is 1. The molecule has 0 saturated carbocycles. The Morgan fingerprint density at radius 3 is 2.33 bits per heavy atom. The van der Waals surface area contributed by atoms with Gasteiger partial charge >= 0.3 is 0 Å². The van der Waals surface area contributed by atoms with Gasteiger partial charge in [0.15, 0.2) is 0 Å². The molecule has 1 saturated heterocycles. The number of carbonyl (C=O) groups excluding carboxylic acids is 1. The van der Waals surface area contributed by atoms with Gasteiger partial charge < -0.3 is 4.90 Å². The van der Waals surface area contributed by atoms with E-state index in [9.17, 15) is 4.79 Å². The molecular weight excluding hydrogens is 408 g/mol. The van der Waals surface area contributed by atoms with Crippen LogP contribution in [0.1, 0.15) is 21.5 Å². The number of hydrogen-bond donors (Lipinski definition) is 0. The van der Waals surface area contributed by atoms with Crippen LogP contribution >= 0.6 is 0 Å². The van der Waals surface area contributed by atoms with Crippen LogP contribution in [0.3, 0.4) is 0 Å². The summed E-state index contributed by atoms with van der Waals surface area (Å²) in [6.45, 7) is 3.94. The Labute approximate surface area is 193 Å². The molecule has 0 radical (unpaired) electrons. The van der Waals surface area contributed by atoms with Gasteiger partial charge in [-0.2, -0.15) is 5.26 Å². The lowest BCUT2D eigenvalue weighted by Crippen LogP contribution is -2.48. The molecule has 1 aliphatic rings. The van der Waals surface area contributed by atoms with Crippen molar-refractivity contribution in [2.45, 2.75) is 6.54 Å². The Balaban J connectivity index is 1.23. The highest BCUT2D eigenvalue weighted by atomic mass is 16.2. The molecule has 0 atom stereocenters. The molecule has 1 amide bonds. The molecule has 33 heavy (non-hydrogen) atoms. The summed E-state index contributed by atoms with van der Waals surface area (Å²) in [6.07, 6.45) is 1.81. The molecule has 4 aromatic rings. The van der Waals surface area contributed by atoms with E-state index in [0.717, 1.165) is 41.7 Å². The molecule has 0 N–H and O–H groups in total. The standard InChI is InChI=1S/C28H24N4O/c29-19-21-6-8-22(9-7-21)20-31-15-17-32(18-16-31)28(33)25-12-10-23(11-13-25)26-5-1-3-24-4-2-14-30-27(24)26/h1-14H,15-18,20H2. The molecule has 0 spiro atoms. The number of nitriles is 1. The fourth-order valence-corrected chi connectivity index (χ4v) is 4.36. The van der Waals surface area contributed by atoms with Crippen LogP contribution in [0.4, 0.5) is 0 Å². The quantitative estimate of drug-likeness (QED) is 0.468. The number of fused-ring (bicyclic) bond motifs is 1. The van der Waals surface area contributed by atoms with Crippen molar-refractivity contribution in [3.8, 4) is 17.2 Å². The number of pyridine rings is 1. The van der Waals surface area contributed by atoms with E-state index in [1.807, 2.05) is 71.8 Å². The van der Waals surface area contributed by atoms with Crippen LogP contribution < -0.4 is 0 Å². The fraction of sp³-hybridized carbons (Fsp3) is 0.179. The summed E-state index contributed by atoms with van der Waals surface area (Å²) in [7, 11) is 0. The summed E-state index contributed by atoms with van der Waals surface area (Å²) in [5.74, 6) is 0.0793. The van der Waals surface area contributed by atoms with Crippen LogP contribution in [-0.4, -0.2) is 46.9 Å². The van der Waals surface area contributed by atoms with Gasteiger partial charge in [-0.25, -0.2) is 0 Å². The third-order valence-corrected chi connectivity index (χ3v) is 6.22. The van der Waals surface area contributed by atoms with Gasteiger partial charge in [-0.3, -0.25) is 14.7 Å². The van der Waals surface area contributed by atoms with Crippen molar-refractivity contribution < 1.29 is 4.79 Å². The highest BCUT2D eigenvalue weighted by Crippen LogP contribution is 2.27. The van der Waals surface area contributed by atoms with Crippen molar-refractivity contribution in [1.29, 1.82) is 5.26 Å². The SMILES string of the molecule is N#Cc1ccc(CN2CCN(C(=O)c3ccc(-c4cccc5cccnc45)cc3)CC2)cc1. The largest absolute Gasteiger partial charge is 0.336 e. The van der Waals surface area contributed by atoms with Gasteiger partial charge in [0.05, 0.1) is 17.1 Å². The van der Waals surface area contributed by atoms with Crippen molar-refractivity contribution in [2.75, 3.05) is 26.2 Å². The second-order valence-corrected chi connectivity index (χ2v) is 8.34. The molecule has 1 fully saturated rings. The summed E-state index contributed by atoms with van der Waals surface area (Å²) in [4.78, 5) is 21.9. The predicted molar refractivity (Wildman–Crippen MR) is 130 cm³/mol. The highest BCUT2D eigenvalue weighted by Gasteiger charge is 2.22. The lowest BCUT2D eigenvalue weighted by atomic mass is 10.0. The van der Waals surface area contributed by atoms with E-state index in [0.29, 0.717) is 24.2 Å². The van der Waals surface area contributed by atoms with Gasteiger partial charge in [-0.05, 0) is 41.5 Å². The Morgan fingerprint density at radius 2 is 1.61 bits per heavy atom. The van der Waals surface area contributed by atoms with Crippen molar-refractivity contribution in [3.63, 3.8) is 0 Å². The lowest BCUT2D eigenvalue weighted by molar-refractivity contribution is 0.0628. The topological polar surface area (TPSA) is 60.2 Å². The summed E-state index contributed by atoms with van der Waals surface area (Å²) in [5, 5.41) is 10.0. The average Bonchev–Trinajstić information content (AvgIpc) is 2.89. The van der Waals surface area contributed by atoms with Crippen LogP contribution in [0.2, 0.25) is 0 Å². The molecule has 0 aliphatic carbocycles. The minimum absolute atomic E-state index is 0.0793. The predicted octanol–water partition coefficient (Wildman–Crippen LogP) is 4.73. The lowest BCUT2D eigenvalue weighted by Gasteiger charge is -2.34. The van der Waals surface area contributed by atoms with Crippen LogP contribution in [-0.2, 0) is 6.54 Å². The van der Waals surface area contributed by atoms with Gasteiger partial charge in [-0.15, -0.1) is 0 Å². The molecule has 5 nitrogen and oxygen atoms in total. The van der Waals surface area contributed by atoms with E-state index in [2.05, 4.69) is 34.2 Å². The summed E-state index contributed by atoms with van der Waals surface area (Å²) in [6, 6.07) is 27.9. The third-order valence-electron chi connectivity index (χ3n) is 6.22. The van der Waals surface area contributed by atoms with Crippen LogP contribution in [0, 0.1) is 11.3 Å². The monoisotopic (exact) mass is 432 g/mol. The Bertz CT molecular complexity index is 1310. The molecular formula is C28H24N4O. The zero-order valence-corrected chi connectivity index (χ0v) is 18.3. The first-order chi connectivity index (χ1) is 16.2. The molecule has 162 valence electrons. The maximum absolute atomic E-state index is 13.1. The molecule has 0 bridgehead atoms. The summed E-state index contributed by atoms with van der Waals surface area (Å²) >= 11 is 0. The van der Waals surface area contributed by atoms with Gasteiger partial charge in [0.1, 0.15) is 0 Å². The molecule has 5 heteroatoms. The number of piperazine rings is 1. The van der Waals surface area contributed by atoms with Gasteiger partial charge in [-0.1, -0.05) is 48.5 Å². The number of para-hydroxylation sites is 1. The van der Waals surface area contributed by atoms with Crippen LogP contribution in [0.15, 0.2) is 85.1 Å². The highest BCUT2D eigenvalue weighted by molar-refractivity contribution is 5.97. The van der Waals surface area contributed by atoms with Crippen molar-refractivity contribution in [3.05, 3.63) is 102 Å². The summed E-state index contributed by atoms with van der Waals surface area (Å²) in [5.41, 5.74) is 5.68. The van der Waals surface area contributed by atoms with Gasteiger partial charge in [0.25, 0.3) is 5.91 Å². The number of rotatable bonds is 4. The normalized spacial score (nSPS) is 14.2. The second kappa shape index (κ2) is 9.23. The smallest absolute Gasteiger partial charge is 0.253 e. The van der Waals surface area contributed by atoms with Gasteiger partial charge in [0.2, 0.25) is 0 Å². The van der Waals surface area contributed by atoms with E-state index in [1.165, 1.54) is 5.56 Å². The number of benzene rings is 3. The number of amides is 1. The molecule has 3 aromatic carbocycles. The maximum Gasteiger partial charge on any atom is 0.253 e. The summed E-state index contributed by atoms with van der Waals surface area (Å²) < 4.78 is 0. The first-order valence-electron chi connectivity index (χ1n) is 11.2. The number of hydrogen-bond acceptors (Lipinski definition) is 4. The van der Waals surface area contributed by atoms with E-state index >= 15 is 0 Å². The van der Waals surface area contributed by atoms with Crippen molar-refractivity contribution in [2.24, 2.45) is 0 Å². The fourth-order valence-electron chi connectivity index (χ4n) is 4.36. The zero-order valence-electron chi connectivity index (χ0n) is 18.3. The Hall–Kier alpha value is -4.01. The van der Waals surface area contributed by atoms with Crippen LogP contribution in [0.25, 0.3) is 22.0 Å². The van der Waals surface area contributed by atoms with E-state index in [4.69, 9.17) is 5.26 Å². The Kier molecular flexibility index (Phi) is 5.84. The first-order valence-corrected chi connectivity index (χ1v) is 11.2. The molecule has 1 aromatic heterocycles. The van der Waals surface area contributed by atoms with Crippen LogP contribution in [0.5, 0.6) is 0 Å². The minimum Gasteiger partial charge on any atom is -0.336 e.